The zero-order valence-electron chi connectivity index (χ0n) is 14.8. The molecule has 1 saturated carbocycles. The van der Waals surface area contributed by atoms with E-state index < -0.39 is 0 Å². The number of thioether (sulfide) groups is 1. The monoisotopic (exact) mass is 466 g/mol. The number of hydrogen-bond acceptors (Lipinski definition) is 4. The van der Waals surface area contributed by atoms with Gasteiger partial charge in [-0.2, -0.15) is 0 Å². The lowest BCUT2D eigenvalue weighted by molar-refractivity contribution is 0.461. The van der Waals surface area contributed by atoms with Gasteiger partial charge in [0.1, 0.15) is 5.82 Å². The van der Waals surface area contributed by atoms with Crippen molar-refractivity contribution in [1.29, 1.82) is 0 Å². The van der Waals surface area contributed by atoms with E-state index in [2.05, 4.69) is 38.3 Å². The number of nitrogens with zero attached hydrogens (tertiary/aromatic N) is 4. The minimum absolute atomic E-state index is 0. The lowest BCUT2D eigenvalue weighted by Crippen LogP contribution is -2.32. The van der Waals surface area contributed by atoms with E-state index >= 15 is 0 Å². The number of halogens is 1. The summed E-state index contributed by atoms with van der Waals surface area (Å²) in [7, 11) is 0. The Morgan fingerprint density at radius 1 is 1.33 bits per heavy atom. The largest absolute Gasteiger partial charge is 0.370 e. The maximum atomic E-state index is 5.85. The van der Waals surface area contributed by atoms with Crippen LogP contribution in [0.4, 0.5) is 0 Å². The van der Waals surface area contributed by atoms with Crippen molar-refractivity contribution in [3.05, 3.63) is 5.82 Å². The topological polar surface area (TPSA) is 81.1 Å². The Morgan fingerprint density at radius 3 is 2.75 bits per heavy atom. The minimum atomic E-state index is 0. The Kier molecular flexibility index (Phi) is 10.7. The number of aromatic nitrogens is 3. The van der Waals surface area contributed by atoms with Crippen LogP contribution in [0, 0.1) is 0 Å². The summed E-state index contributed by atoms with van der Waals surface area (Å²) in [6, 6.07) is 0.590. The molecule has 2 rings (SSSR count). The van der Waals surface area contributed by atoms with Crippen molar-refractivity contribution in [3.63, 3.8) is 0 Å². The molecule has 1 heterocycles. The average molecular weight is 466 g/mol. The van der Waals surface area contributed by atoms with E-state index in [1.54, 1.807) is 11.8 Å². The van der Waals surface area contributed by atoms with Crippen molar-refractivity contribution in [2.24, 2.45) is 10.7 Å². The molecule has 1 fully saturated rings. The third-order valence-corrected chi connectivity index (χ3v) is 4.93. The van der Waals surface area contributed by atoms with Gasteiger partial charge in [-0.25, -0.2) is 0 Å². The van der Waals surface area contributed by atoms with Crippen molar-refractivity contribution < 1.29 is 0 Å². The van der Waals surface area contributed by atoms with E-state index in [4.69, 9.17) is 5.73 Å². The maximum Gasteiger partial charge on any atom is 0.191 e. The fraction of sp³-hybridized carbons (Fsp3) is 0.812. The van der Waals surface area contributed by atoms with Gasteiger partial charge >= 0.3 is 0 Å². The van der Waals surface area contributed by atoms with Gasteiger partial charge in [0.25, 0.3) is 0 Å². The summed E-state index contributed by atoms with van der Waals surface area (Å²) in [4.78, 5) is 4.39. The first-order valence-corrected chi connectivity index (χ1v) is 10.00. The third kappa shape index (κ3) is 6.42. The van der Waals surface area contributed by atoms with Crippen LogP contribution in [-0.2, 0) is 6.42 Å². The van der Waals surface area contributed by atoms with Crippen molar-refractivity contribution in [2.75, 3.05) is 19.3 Å². The number of rotatable bonds is 9. The van der Waals surface area contributed by atoms with Gasteiger partial charge in [0.2, 0.25) is 0 Å². The molecule has 1 aliphatic carbocycles. The summed E-state index contributed by atoms with van der Waals surface area (Å²) in [5.41, 5.74) is 5.85. The molecule has 3 N–H and O–H groups in total. The highest BCUT2D eigenvalue weighted by molar-refractivity contribution is 14.0. The van der Waals surface area contributed by atoms with E-state index in [9.17, 15) is 0 Å². The van der Waals surface area contributed by atoms with E-state index in [1.165, 1.54) is 25.7 Å². The second kappa shape index (κ2) is 11.9. The highest BCUT2D eigenvalue weighted by Crippen LogP contribution is 2.33. The van der Waals surface area contributed by atoms with Crippen LogP contribution in [0.3, 0.4) is 0 Å². The molecule has 138 valence electrons. The molecular formula is C16H31IN6S. The van der Waals surface area contributed by atoms with Gasteiger partial charge in [0.05, 0.1) is 0 Å². The number of unbranched alkanes of at least 4 members (excludes halogenated alkanes) is 1. The molecule has 6 nitrogen and oxygen atoms in total. The molecule has 1 aromatic heterocycles. The van der Waals surface area contributed by atoms with Crippen LogP contribution in [0.2, 0.25) is 0 Å². The molecule has 0 spiro atoms. The van der Waals surface area contributed by atoms with Gasteiger partial charge in [-0.3, -0.25) is 4.99 Å². The summed E-state index contributed by atoms with van der Waals surface area (Å²) in [6.45, 7) is 3.80. The van der Waals surface area contributed by atoms with Crippen LogP contribution in [0.15, 0.2) is 10.1 Å². The molecule has 0 amide bonds. The summed E-state index contributed by atoms with van der Waals surface area (Å²) >= 11 is 1.69. The standard InChI is InChI=1S/C16H30N6S.HI/c1-3-4-11-18-15(17)19-12-7-10-14-20-21-16(23-2)22(14)13-8-5-6-9-13;/h13H,3-12H2,1-2H3,(H3,17,18,19);1H. The van der Waals surface area contributed by atoms with E-state index in [0.29, 0.717) is 12.0 Å². The van der Waals surface area contributed by atoms with Crippen LogP contribution in [0.5, 0.6) is 0 Å². The summed E-state index contributed by atoms with van der Waals surface area (Å²) in [6.07, 6.45) is 11.4. The van der Waals surface area contributed by atoms with Crippen molar-refractivity contribution >= 4 is 41.7 Å². The molecule has 0 aromatic carbocycles. The fourth-order valence-corrected chi connectivity index (χ4v) is 3.61. The van der Waals surface area contributed by atoms with Crippen LogP contribution in [0.1, 0.15) is 63.7 Å². The SMILES string of the molecule is CCCCNC(N)=NCCCc1nnc(SC)n1C1CCCC1.I. The van der Waals surface area contributed by atoms with Crippen molar-refractivity contribution in [1.82, 2.24) is 20.1 Å². The van der Waals surface area contributed by atoms with Gasteiger partial charge in [-0.05, 0) is 31.9 Å². The van der Waals surface area contributed by atoms with Crippen LogP contribution >= 0.6 is 35.7 Å². The molecule has 24 heavy (non-hydrogen) atoms. The highest BCUT2D eigenvalue weighted by Gasteiger charge is 2.23. The van der Waals surface area contributed by atoms with Gasteiger partial charge < -0.3 is 15.6 Å². The fourth-order valence-electron chi connectivity index (χ4n) is 3.03. The molecule has 0 unspecified atom stereocenters. The van der Waals surface area contributed by atoms with E-state index in [0.717, 1.165) is 49.8 Å². The first-order valence-electron chi connectivity index (χ1n) is 8.77. The number of guanidine groups is 1. The molecule has 0 bridgehead atoms. The predicted octanol–water partition coefficient (Wildman–Crippen LogP) is 3.37. The molecule has 1 aromatic rings. The number of aliphatic imine (C=N–C) groups is 1. The minimum Gasteiger partial charge on any atom is -0.370 e. The Labute approximate surface area is 166 Å². The highest BCUT2D eigenvalue weighted by atomic mass is 127. The molecule has 1 aliphatic rings. The average Bonchev–Trinajstić information content (AvgIpc) is 3.20. The van der Waals surface area contributed by atoms with Gasteiger partial charge in [0.15, 0.2) is 11.1 Å². The smallest absolute Gasteiger partial charge is 0.191 e. The lowest BCUT2D eigenvalue weighted by atomic mass is 10.2. The third-order valence-electron chi connectivity index (χ3n) is 4.28. The van der Waals surface area contributed by atoms with Crippen LogP contribution < -0.4 is 11.1 Å². The second-order valence-corrected chi connectivity index (χ2v) is 6.84. The zero-order chi connectivity index (χ0) is 16.5. The molecule has 8 heteroatoms. The Morgan fingerprint density at radius 2 is 2.08 bits per heavy atom. The molecule has 0 radical (unpaired) electrons. The Balaban J connectivity index is 0.00000288. The summed E-state index contributed by atoms with van der Waals surface area (Å²) in [5.74, 6) is 1.66. The lowest BCUT2D eigenvalue weighted by Gasteiger charge is -2.16. The molecule has 0 atom stereocenters. The first kappa shape index (κ1) is 21.5. The summed E-state index contributed by atoms with van der Waals surface area (Å²) in [5, 5.41) is 12.9. The van der Waals surface area contributed by atoms with E-state index in [1.807, 2.05) is 0 Å². The second-order valence-electron chi connectivity index (χ2n) is 6.06. The van der Waals surface area contributed by atoms with Gasteiger partial charge in [-0.15, -0.1) is 34.2 Å². The quantitative estimate of drug-likeness (QED) is 0.192. The number of nitrogens with one attached hydrogen (secondary N) is 1. The zero-order valence-corrected chi connectivity index (χ0v) is 18.0. The number of hydrogen-bond donors (Lipinski definition) is 2. The number of nitrogens with two attached hydrogens (primary N) is 1. The Bertz CT molecular complexity index is 499. The Hall–Kier alpha value is -0.510. The van der Waals surface area contributed by atoms with Crippen molar-refractivity contribution in [3.8, 4) is 0 Å². The van der Waals surface area contributed by atoms with Crippen LogP contribution in [0.25, 0.3) is 0 Å². The maximum absolute atomic E-state index is 5.85. The predicted molar refractivity (Wildman–Crippen MR) is 112 cm³/mol. The molecule has 0 aliphatic heterocycles. The van der Waals surface area contributed by atoms with Gasteiger partial charge in [0, 0.05) is 25.6 Å². The summed E-state index contributed by atoms with van der Waals surface area (Å²) < 4.78 is 2.37. The molecule has 0 saturated heterocycles. The normalized spacial score (nSPS) is 15.5. The van der Waals surface area contributed by atoms with Crippen molar-refractivity contribution in [2.45, 2.75) is 69.5 Å². The van der Waals surface area contributed by atoms with Crippen LogP contribution in [-0.4, -0.2) is 40.1 Å². The number of aryl methyl sites for hydroxylation is 1. The van der Waals surface area contributed by atoms with Gasteiger partial charge in [-0.1, -0.05) is 37.9 Å². The first-order chi connectivity index (χ1) is 11.3. The molecular weight excluding hydrogens is 435 g/mol. The van der Waals surface area contributed by atoms with E-state index in [-0.39, 0.29) is 24.0 Å².